The molecule has 0 amide bonds. The van der Waals surface area contributed by atoms with Gasteiger partial charge in [0.25, 0.3) is 0 Å². The third-order valence-electron chi connectivity index (χ3n) is 3.03. The molecule has 0 bridgehead atoms. The van der Waals surface area contributed by atoms with Gasteiger partial charge in [0, 0.05) is 11.8 Å². The van der Waals surface area contributed by atoms with Crippen molar-refractivity contribution in [1.82, 2.24) is 0 Å². The van der Waals surface area contributed by atoms with Gasteiger partial charge in [-0.05, 0) is 25.0 Å². The molecule has 1 fully saturated rings. The monoisotopic (exact) mass is 230 g/mol. The zero-order valence-electron chi connectivity index (χ0n) is 9.24. The van der Waals surface area contributed by atoms with Crippen molar-refractivity contribution in [1.29, 1.82) is 10.5 Å². The van der Waals surface area contributed by atoms with Crippen molar-refractivity contribution in [3.8, 4) is 17.9 Å². The molecule has 0 radical (unpaired) electrons. The third-order valence-corrected chi connectivity index (χ3v) is 3.03. The molecule has 1 aromatic rings. The van der Waals surface area contributed by atoms with E-state index in [0.29, 0.717) is 13.0 Å². The van der Waals surface area contributed by atoms with Crippen LogP contribution in [-0.2, 0) is 0 Å². The van der Waals surface area contributed by atoms with Crippen molar-refractivity contribution >= 4 is 0 Å². The number of benzene rings is 1. The molecule has 0 aromatic heterocycles. The highest BCUT2D eigenvalue weighted by Crippen LogP contribution is 2.48. The van der Waals surface area contributed by atoms with Crippen molar-refractivity contribution in [3.63, 3.8) is 0 Å². The van der Waals surface area contributed by atoms with Gasteiger partial charge in [0.2, 0.25) is 0 Å². The highest BCUT2D eigenvalue weighted by atomic mass is 19.1. The molecule has 0 unspecified atom stereocenters. The van der Waals surface area contributed by atoms with Crippen LogP contribution in [0, 0.1) is 33.9 Å². The summed E-state index contributed by atoms with van der Waals surface area (Å²) >= 11 is 0. The van der Waals surface area contributed by atoms with Gasteiger partial charge in [0.05, 0.1) is 12.7 Å². The van der Waals surface area contributed by atoms with Crippen molar-refractivity contribution < 1.29 is 9.13 Å². The summed E-state index contributed by atoms with van der Waals surface area (Å²) in [6.07, 6.45) is 2.36. The first-order valence-electron chi connectivity index (χ1n) is 5.39. The van der Waals surface area contributed by atoms with Crippen LogP contribution in [0.5, 0.6) is 5.75 Å². The Morgan fingerprint density at radius 1 is 1.35 bits per heavy atom. The maximum Gasteiger partial charge on any atom is 0.144 e. The van der Waals surface area contributed by atoms with Crippen LogP contribution in [0.1, 0.15) is 24.8 Å². The van der Waals surface area contributed by atoms with Gasteiger partial charge < -0.3 is 4.74 Å². The first-order chi connectivity index (χ1) is 8.21. The predicted octanol–water partition coefficient (Wildman–Crippen LogP) is 2.77. The summed E-state index contributed by atoms with van der Waals surface area (Å²) in [5.41, 5.74) is -0.145. The summed E-state index contributed by atoms with van der Waals surface area (Å²) < 4.78 is 18.8. The van der Waals surface area contributed by atoms with E-state index >= 15 is 0 Å². The van der Waals surface area contributed by atoms with Gasteiger partial charge in [0.15, 0.2) is 0 Å². The molecular formula is C13H11FN2O. The van der Waals surface area contributed by atoms with E-state index in [-0.39, 0.29) is 16.7 Å². The van der Waals surface area contributed by atoms with Gasteiger partial charge in [-0.25, -0.2) is 4.39 Å². The maximum absolute atomic E-state index is 13.3. The lowest BCUT2D eigenvalue weighted by Crippen LogP contribution is -2.13. The zero-order valence-corrected chi connectivity index (χ0v) is 9.24. The van der Waals surface area contributed by atoms with Crippen molar-refractivity contribution in [3.05, 3.63) is 29.6 Å². The average Bonchev–Trinajstić information content (AvgIpc) is 3.07. The number of halogens is 1. The molecule has 1 aliphatic rings. The van der Waals surface area contributed by atoms with Gasteiger partial charge in [-0.15, -0.1) is 0 Å². The highest BCUT2D eigenvalue weighted by Gasteiger charge is 2.43. The Bertz CT molecular complexity index is 509. The van der Waals surface area contributed by atoms with Gasteiger partial charge in [0.1, 0.15) is 23.2 Å². The van der Waals surface area contributed by atoms with E-state index in [0.717, 1.165) is 12.8 Å². The summed E-state index contributed by atoms with van der Waals surface area (Å²) in [6.45, 7) is 0.374. The maximum atomic E-state index is 13.3. The lowest BCUT2D eigenvalue weighted by Gasteiger charge is -2.13. The van der Waals surface area contributed by atoms with E-state index in [1.807, 2.05) is 0 Å². The van der Waals surface area contributed by atoms with Crippen LogP contribution >= 0.6 is 0 Å². The molecule has 86 valence electrons. The molecular weight excluding hydrogens is 219 g/mol. The second-order valence-electron chi connectivity index (χ2n) is 4.35. The van der Waals surface area contributed by atoms with E-state index in [2.05, 4.69) is 6.07 Å². The van der Waals surface area contributed by atoms with Crippen molar-refractivity contribution in [2.45, 2.75) is 19.3 Å². The lowest BCUT2D eigenvalue weighted by molar-refractivity contribution is 0.235. The molecule has 4 heteroatoms. The number of nitrogens with zero attached hydrogens (tertiary/aromatic N) is 2. The fourth-order valence-electron chi connectivity index (χ4n) is 1.68. The minimum Gasteiger partial charge on any atom is -0.491 e. The summed E-state index contributed by atoms with van der Waals surface area (Å²) in [7, 11) is 0. The molecule has 1 aromatic carbocycles. The molecule has 0 N–H and O–H groups in total. The number of hydrogen-bond donors (Lipinski definition) is 0. The molecule has 0 heterocycles. The second-order valence-corrected chi connectivity index (χ2v) is 4.35. The molecule has 3 nitrogen and oxygen atoms in total. The van der Waals surface area contributed by atoms with Crippen LogP contribution < -0.4 is 4.74 Å². The lowest BCUT2D eigenvalue weighted by atomic mass is 10.1. The minimum atomic E-state index is -0.574. The quantitative estimate of drug-likeness (QED) is 0.799. The average molecular weight is 230 g/mol. The van der Waals surface area contributed by atoms with Crippen LogP contribution in [0.25, 0.3) is 0 Å². The van der Waals surface area contributed by atoms with Gasteiger partial charge in [-0.3, -0.25) is 0 Å². The molecule has 1 saturated carbocycles. The first-order valence-corrected chi connectivity index (χ1v) is 5.39. The van der Waals surface area contributed by atoms with E-state index in [4.69, 9.17) is 15.3 Å². The fourth-order valence-corrected chi connectivity index (χ4v) is 1.68. The second kappa shape index (κ2) is 4.43. The predicted molar refractivity (Wildman–Crippen MR) is 58.5 cm³/mol. The Balaban J connectivity index is 2.08. The van der Waals surface area contributed by atoms with Crippen LogP contribution in [0.4, 0.5) is 4.39 Å². The van der Waals surface area contributed by atoms with Gasteiger partial charge in [-0.1, -0.05) is 6.07 Å². The van der Waals surface area contributed by atoms with Gasteiger partial charge >= 0.3 is 0 Å². The van der Waals surface area contributed by atoms with E-state index < -0.39 is 5.82 Å². The van der Waals surface area contributed by atoms with Gasteiger partial charge in [-0.2, -0.15) is 10.5 Å². The Morgan fingerprint density at radius 2 is 2.12 bits per heavy atom. The van der Waals surface area contributed by atoms with Crippen molar-refractivity contribution in [2.24, 2.45) is 5.41 Å². The van der Waals surface area contributed by atoms with Crippen LogP contribution in [-0.4, -0.2) is 6.61 Å². The summed E-state index contributed by atoms with van der Waals surface area (Å²) in [4.78, 5) is 0. The summed E-state index contributed by atoms with van der Waals surface area (Å²) in [6, 6.07) is 8.23. The molecule has 0 aliphatic heterocycles. The molecule has 2 rings (SSSR count). The Morgan fingerprint density at radius 3 is 2.71 bits per heavy atom. The van der Waals surface area contributed by atoms with Crippen molar-refractivity contribution in [2.75, 3.05) is 6.61 Å². The van der Waals surface area contributed by atoms with Crippen LogP contribution in [0.3, 0.4) is 0 Å². The molecule has 1 aliphatic carbocycles. The number of rotatable bonds is 4. The van der Waals surface area contributed by atoms with Crippen LogP contribution in [0.2, 0.25) is 0 Å². The van der Waals surface area contributed by atoms with E-state index in [1.54, 1.807) is 12.1 Å². The number of hydrogen-bond acceptors (Lipinski definition) is 3. The Kier molecular flexibility index (Phi) is 2.97. The molecule has 0 saturated heterocycles. The topological polar surface area (TPSA) is 56.8 Å². The SMILES string of the molecule is N#CCC1(COc2cccc(F)c2C#N)CC1. The number of ether oxygens (including phenoxy) is 1. The van der Waals surface area contributed by atoms with E-state index in [9.17, 15) is 4.39 Å². The largest absolute Gasteiger partial charge is 0.491 e. The van der Waals surface area contributed by atoms with Crippen LogP contribution in [0.15, 0.2) is 18.2 Å². The Hall–Kier alpha value is -2.07. The summed E-state index contributed by atoms with van der Waals surface area (Å²) in [5, 5.41) is 17.5. The highest BCUT2D eigenvalue weighted by molar-refractivity contribution is 5.43. The normalized spacial score (nSPS) is 15.7. The zero-order chi connectivity index (χ0) is 12.3. The Labute approximate surface area is 99.0 Å². The third kappa shape index (κ3) is 2.37. The fraction of sp³-hybridized carbons (Fsp3) is 0.385. The smallest absolute Gasteiger partial charge is 0.144 e. The molecule has 17 heavy (non-hydrogen) atoms. The molecule has 0 spiro atoms. The number of nitriles is 2. The molecule has 0 atom stereocenters. The minimum absolute atomic E-state index is 0.0692. The first kappa shape index (κ1) is 11.4. The standard InChI is InChI=1S/C13H11FN2O/c14-11-2-1-3-12(10(11)8-16)17-9-13(4-5-13)6-7-15/h1-3H,4-6,9H2. The van der Waals surface area contributed by atoms with E-state index in [1.165, 1.54) is 12.1 Å². The summed E-state index contributed by atoms with van der Waals surface area (Å²) in [5.74, 6) is -0.313.